The monoisotopic (exact) mass is 329 g/mol. The fourth-order valence-corrected chi connectivity index (χ4v) is 2.57. The van der Waals surface area contributed by atoms with Crippen molar-refractivity contribution in [2.45, 2.75) is 12.5 Å². The molecule has 6 heteroatoms. The van der Waals surface area contributed by atoms with Crippen LogP contribution in [0.4, 0.5) is 14.9 Å². The molecule has 0 bridgehead atoms. The minimum atomic E-state index is -0.539. The van der Waals surface area contributed by atoms with E-state index in [0.717, 1.165) is 29.7 Å². The summed E-state index contributed by atoms with van der Waals surface area (Å²) >= 11 is 3.45. The van der Waals surface area contributed by atoms with Crippen LogP contribution in [0.25, 0.3) is 0 Å². The Kier molecular flexibility index (Phi) is 5.01. The Labute approximate surface area is 120 Å². The molecule has 104 valence electrons. The van der Waals surface area contributed by atoms with Gasteiger partial charge in [0.1, 0.15) is 6.67 Å². The zero-order chi connectivity index (χ0) is 13.7. The molecule has 0 saturated carbocycles. The molecule has 1 saturated heterocycles. The number of nitrogens with one attached hydrogen (secondary N) is 2. The second kappa shape index (κ2) is 6.75. The number of rotatable bonds is 4. The molecule has 2 rings (SSSR count). The van der Waals surface area contributed by atoms with Gasteiger partial charge in [-0.25, -0.2) is 9.18 Å². The third-order valence-corrected chi connectivity index (χ3v) is 3.57. The molecule has 1 aromatic carbocycles. The van der Waals surface area contributed by atoms with Crippen molar-refractivity contribution in [2.75, 3.05) is 31.2 Å². The average molecular weight is 330 g/mol. The molecule has 1 atom stereocenters. The van der Waals surface area contributed by atoms with Crippen LogP contribution in [0, 0.1) is 0 Å². The molecule has 0 aromatic heterocycles. The van der Waals surface area contributed by atoms with Gasteiger partial charge in [-0.3, -0.25) is 0 Å². The Morgan fingerprint density at radius 1 is 1.53 bits per heavy atom. The predicted octanol–water partition coefficient (Wildman–Crippen LogP) is 2.30. The number of urea groups is 1. The van der Waals surface area contributed by atoms with Gasteiger partial charge in [-0.2, -0.15) is 0 Å². The number of benzene rings is 1. The molecule has 0 spiro atoms. The smallest absolute Gasteiger partial charge is 0.315 e. The lowest BCUT2D eigenvalue weighted by atomic mass is 10.3. The SMILES string of the molecule is O=C(NCCF)NC1CCN(c2cccc(Br)c2)C1. The lowest BCUT2D eigenvalue weighted by Gasteiger charge is -2.19. The first-order chi connectivity index (χ1) is 9.19. The summed E-state index contributed by atoms with van der Waals surface area (Å²) in [6, 6.07) is 7.91. The molecule has 1 fully saturated rings. The van der Waals surface area contributed by atoms with Gasteiger partial charge in [0.2, 0.25) is 0 Å². The topological polar surface area (TPSA) is 44.4 Å². The third kappa shape index (κ3) is 4.09. The summed E-state index contributed by atoms with van der Waals surface area (Å²) in [7, 11) is 0. The normalized spacial score (nSPS) is 18.4. The average Bonchev–Trinajstić information content (AvgIpc) is 2.85. The van der Waals surface area contributed by atoms with E-state index in [1.54, 1.807) is 0 Å². The van der Waals surface area contributed by atoms with Gasteiger partial charge < -0.3 is 15.5 Å². The fraction of sp³-hybridized carbons (Fsp3) is 0.462. The molecule has 0 radical (unpaired) electrons. The van der Waals surface area contributed by atoms with Gasteiger partial charge in [0.15, 0.2) is 0 Å². The van der Waals surface area contributed by atoms with Crippen LogP contribution in [0.5, 0.6) is 0 Å². The minimum absolute atomic E-state index is 0.0634. The number of carbonyl (C=O) groups excluding carboxylic acids is 1. The molecule has 2 amide bonds. The first kappa shape index (κ1) is 14.1. The summed E-state index contributed by atoms with van der Waals surface area (Å²) in [5.74, 6) is 0. The largest absolute Gasteiger partial charge is 0.369 e. The molecule has 1 heterocycles. The molecule has 1 unspecified atom stereocenters. The number of hydrogen-bond donors (Lipinski definition) is 2. The summed E-state index contributed by atoms with van der Waals surface area (Å²) in [6.07, 6.45) is 0.898. The zero-order valence-electron chi connectivity index (χ0n) is 10.5. The summed E-state index contributed by atoms with van der Waals surface area (Å²) in [6.45, 7) is 1.21. The second-order valence-corrected chi connectivity index (χ2v) is 5.42. The number of nitrogens with zero attached hydrogens (tertiary/aromatic N) is 1. The lowest BCUT2D eigenvalue weighted by molar-refractivity contribution is 0.236. The maximum atomic E-state index is 11.9. The van der Waals surface area contributed by atoms with Crippen molar-refractivity contribution in [3.8, 4) is 0 Å². The van der Waals surface area contributed by atoms with E-state index in [2.05, 4.69) is 43.6 Å². The van der Waals surface area contributed by atoms with E-state index in [1.165, 1.54) is 0 Å². The molecule has 19 heavy (non-hydrogen) atoms. The summed E-state index contributed by atoms with van der Waals surface area (Å²) in [5.41, 5.74) is 1.14. The van der Waals surface area contributed by atoms with Gasteiger partial charge in [-0.15, -0.1) is 0 Å². The van der Waals surface area contributed by atoms with Gasteiger partial charge in [0, 0.05) is 35.8 Å². The van der Waals surface area contributed by atoms with Crippen molar-refractivity contribution in [2.24, 2.45) is 0 Å². The van der Waals surface area contributed by atoms with E-state index < -0.39 is 6.67 Å². The van der Waals surface area contributed by atoms with E-state index in [0.29, 0.717) is 0 Å². The van der Waals surface area contributed by atoms with Gasteiger partial charge in [-0.1, -0.05) is 22.0 Å². The van der Waals surface area contributed by atoms with Crippen molar-refractivity contribution in [1.29, 1.82) is 0 Å². The van der Waals surface area contributed by atoms with Crippen LogP contribution >= 0.6 is 15.9 Å². The molecule has 1 aromatic rings. The highest BCUT2D eigenvalue weighted by molar-refractivity contribution is 9.10. The number of hydrogen-bond acceptors (Lipinski definition) is 2. The van der Waals surface area contributed by atoms with Gasteiger partial charge in [0.05, 0.1) is 0 Å². The van der Waals surface area contributed by atoms with Crippen molar-refractivity contribution in [3.63, 3.8) is 0 Å². The number of amides is 2. The van der Waals surface area contributed by atoms with Crippen molar-refractivity contribution < 1.29 is 9.18 Å². The molecule has 2 N–H and O–H groups in total. The number of anilines is 1. The fourth-order valence-electron chi connectivity index (χ4n) is 2.18. The first-order valence-electron chi connectivity index (χ1n) is 6.30. The maximum Gasteiger partial charge on any atom is 0.315 e. The second-order valence-electron chi connectivity index (χ2n) is 4.50. The number of carbonyl (C=O) groups is 1. The van der Waals surface area contributed by atoms with E-state index >= 15 is 0 Å². The Morgan fingerprint density at radius 3 is 3.11 bits per heavy atom. The van der Waals surface area contributed by atoms with Crippen molar-refractivity contribution in [3.05, 3.63) is 28.7 Å². The standard InChI is InChI=1S/C13H17BrFN3O/c14-10-2-1-3-12(8-10)18-7-4-11(9-18)17-13(19)16-6-5-15/h1-3,8,11H,4-7,9H2,(H2,16,17,19). The number of alkyl halides is 1. The van der Waals surface area contributed by atoms with E-state index in [9.17, 15) is 9.18 Å². The molecule has 1 aliphatic rings. The van der Waals surface area contributed by atoms with Crippen LogP contribution in [0.3, 0.4) is 0 Å². The van der Waals surface area contributed by atoms with Crippen LogP contribution in [-0.4, -0.2) is 38.4 Å². The van der Waals surface area contributed by atoms with Crippen LogP contribution in [0.2, 0.25) is 0 Å². The Bertz CT molecular complexity index is 444. The highest BCUT2D eigenvalue weighted by Gasteiger charge is 2.23. The molecular formula is C13H17BrFN3O. The Hall–Kier alpha value is -1.30. The van der Waals surface area contributed by atoms with Gasteiger partial charge in [-0.05, 0) is 24.6 Å². The quantitative estimate of drug-likeness (QED) is 0.890. The molecular weight excluding hydrogens is 313 g/mol. The minimum Gasteiger partial charge on any atom is -0.369 e. The van der Waals surface area contributed by atoms with Gasteiger partial charge in [0.25, 0.3) is 0 Å². The highest BCUT2D eigenvalue weighted by atomic mass is 79.9. The van der Waals surface area contributed by atoms with E-state index in [-0.39, 0.29) is 18.6 Å². The van der Waals surface area contributed by atoms with E-state index in [1.807, 2.05) is 12.1 Å². The summed E-state index contributed by atoms with van der Waals surface area (Å²) in [5, 5.41) is 5.33. The highest BCUT2D eigenvalue weighted by Crippen LogP contribution is 2.23. The van der Waals surface area contributed by atoms with Crippen LogP contribution < -0.4 is 15.5 Å². The lowest BCUT2D eigenvalue weighted by Crippen LogP contribution is -2.43. The maximum absolute atomic E-state index is 11.9. The van der Waals surface area contributed by atoms with Crippen LogP contribution in [-0.2, 0) is 0 Å². The third-order valence-electron chi connectivity index (χ3n) is 3.08. The molecule has 1 aliphatic heterocycles. The van der Waals surface area contributed by atoms with Gasteiger partial charge >= 0.3 is 6.03 Å². The predicted molar refractivity (Wildman–Crippen MR) is 77.3 cm³/mol. The van der Waals surface area contributed by atoms with Crippen molar-refractivity contribution >= 4 is 27.6 Å². The number of halogens is 2. The summed E-state index contributed by atoms with van der Waals surface area (Å²) in [4.78, 5) is 13.7. The molecule has 4 nitrogen and oxygen atoms in total. The Balaban J connectivity index is 1.84. The van der Waals surface area contributed by atoms with Crippen molar-refractivity contribution in [1.82, 2.24) is 10.6 Å². The molecule has 0 aliphatic carbocycles. The zero-order valence-corrected chi connectivity index (χ0v) is 12.1. The first-order valence-corrected chi connectivity index (χ1v) is 7.09. The van der Waals surface area contributed by atoms with E-state index in [4.69, 9.17) is 0 Å². The van der Waals surface area contributed by atoms with Crippen LogP contribution in [0.1, 0.15) is 6.42 Å². The van der Waals surface area contributed by atoms with Crippen LogP contribution in [0.15, 0.2) is 28.7 Å². The summed E-state index contributed by atoms with van der Waals surface area (Å²) < 4.78 is 13.0. The Morgan fingerprint density at radius 2 is 2.37 bits per heavy atom.